The summed E-state index contributed by atoms with van der Waals surface area (Å²) in [5, 5.41) is 25.6. The topological polar surface area (TPSA) is 214 Å². The summed E-state index contributed by atoms with van der Waals surface area (Å²) in [7, 11) is 3.11. The van der Waals surface area contributed by atoms with Crippen LogP contribution in [0.1, 0.15) is 17.5 Å². The van der Waals surface area contributed by atoms with Crippen molar-refractivity contribution in [2.45, 2.75) is 30.1 Å². The van der Waals surface area contributed by atoms with Gasteiger partial charge in [0.15, 0.2) is 0 Å². The molecule has 2 aromatic heterocycles. The number of anilines is 2. The van der Waals surface area contributed by atoms with Gasteiger partial charge in [-0.1, -0.05) is 46.6 Å². The molecule has 0 spiro atoms. The highest BCUT2D eigenvalue weighted by molar-refractivity contribution is 7.86. The minimum absolute atomic E-state index is 0.139. The van der Waals surface area contributed by atoms with Crippen molar-refractivity contribution in [2.75, 3.05) is 37.0 Å². The van der Waals surface area contributed by atoms with Crippen LogP contribution in [0.2, 0.25) is 0 Å². The first kappa shape index (κ1) is 45.5. The van der Waals surface area contributed by atoms with Gasteiger partial charge in [0.2, 0.25) is 12.7 Å². The smallest absolute Gasteiger partial charge is 0.403 e. The largest absolute Gasteiger partial charge is 0.744 e. The van der Waals surface area contributed by atoms with Gasteiger partial charge in [-0.25, -0.2) is 26.0 Å². The van der Waals surface area contributed by atoms with Crippen LogP contribution in [0.25, 0.3) is 0 Å². The molecule has 0 atom stereocenters. The summed E-state index contributed by atoms with van der Waals surface area (Å²) in [5.41, 5.74) is 4.86. The molecule has 2 heterocycles. The van der Waals surface area contributed by atoms with Crippen molar-refractivity contribution in [3.8, 4) is 0 Å². The van der Waals surface area contributed by atoms with Gasteiger partial charge in [-0.05, 0) is 102 Å². The van der Waals surface area contributed by atoms with Crippen LogP contribution in [0.5, 0.6) is 0 Å². The summed E-state index contributed by atoms with van der Waals surface area (Å²) < 4.78 is 70.0. The Labute approximate surface area is 344 Å². The van der Waals surface area contributed by atoms with Crippen molar-refractivity contribution < 1.29 is 35.1 Å². The van der Waals surface area contributed by atoms with E-state index in [1.165, 1.54) is 24.3 Å². The third-order valence-electron chi connectivity index (χ3n) is 8.81. The monoisotopic (exact) mass is 844 g/mol. The van der Waals surface area contributed by atoms with Crippen LogP contribution in [0, 0.1) is 13.8 Å². The standard InChI is InChI=1S/C25H34N12.2C7H8O3S/c1-32(22-12-8-20(9-13-22)28-30-24-34(3)18-26-36(24)5)16-7-17-33(2)23-14-10-21(11-15-23)29-31-25-35(4)19-27-37(25)6;2*1-6-4-2-3-5-7(6)11(8,9)10/h8-15,18-19H,7,16-17H2,1-6H3;2*2-5H,1H3,(H,8,9,10)/q+2;;/p-2. The molecule has 0 fully saturated rings. The Kier molecular flexibility index (Phi) is 15.8. The lowest BCUT2D eigenvalue weighted by atomic mass is 10.2. The molecule has 6 rings (SSSR count). The number of hydrogen-bond donors (Lipinski definition) is 0. The molecule has 0 radical (unpaired) electrons. The molecular weight excluding hydrogens is 797 g/mol. The van der Waals surface area contributed by atoms with Gasteiger partial charge in [-0.2, -0.15) is 0 Å². The fourth-order valence-electron chi connectivity index (χ4n) is 5.47. The second-order valence-electron chi connectivity index (χ2n) is 13.4. The van der Waals surface area contributed by atoms with Crippen molar-refractivity contribution in [1.82, 2.24) is 19.6 Å². The van der Waals surface area contributed by atoms with Gasteiger partial charge >= 0.3 is 11.9 Å². The summed E-state index contributed by atoms with van der Waals surface area (Å²) in [6, 6.07) is 28.4. The molecule has 0 saturated carbocycles. The average molecular weight is 845 g/mol. The van der Waals surface area contributed by atoms with E-state index in [1.807, 2.05) is 61.6 Å². The van der Waals surface area contributed by atoms with Crippen LogP contribution in [-0.2, 0) is 48.4 Å². The average Bonchev–Trinajstić information content (AvgIpc) is 3.70. The molecule has 0 saturated heterocycles. The molecule has 18 nitrogen and oxygen atoms in total. The quantitative estimate of drug-likeness (QED) is 0.0870. The first-order chi connectivity index (χ1) is 27.8. The predicted molar refractivity (Wildman–Crippen MR) is 219 cm³/mol. The van der Waals surface area contributed by atoms with E-state index in [1.54, 1.807) is 60.1 Å². The lowest BCUT2D eigenvalue weighted by Gasteiger charge is -2.23. The zero-order chi connectivity index (χ0) is 43.3. The van der Waals surface area contributed by atoms with Crippen LogP contribution < -0.4 is 18.9 Å². The summed E-state index contributed by atoms with van der Waals surface area (Å²) in [6.45, 7) is 5.05. The molecule has 0 N–H and O–H groups in total. The normalized spacial score (nSPS) is 11.6. The molecule has 6 aromatic rings. The Morgan fingerprint density at radius 1 is 0.576 bits per heavy atom. The molecule has 20 heteroatoms. The van der Waals surface area contributed by atoms with E-state index < -0.39 is 20.2 Å². The highest BCUT2D eigenvalue weighted by atomic mass is 32.2. The van der Waals surface area contributed by atoms with Crippen molar-refractivity contribution in [2.24, 2.45) is 48.6 Å². The Morgan fingerprint density at radius 2 is 0.915 bits per heavy atom. The molecule has 0 amide bonds. The fourth-order valence-corrected chi connectivity index (χ4v) is 6.89. The van der Waals surface area contributed by atoms with Crippen molar-refractivity contribution >= 4 is 54.9 Å². The first-order valence-corrected chi connectivity index (χ1v) is 20.9. The zero-order valence-electron chi connectivity index (χ0n) is 34.1. The zero-order valence-corrected chi connectivity index (χ0v) is 35.8. The number of aryl methyl sites for hydroxylation is 6. The van der Waals surface area contributed by atoms with Gasteiger partial charge < -0.3 is 18.9 Å². The van der Waals surface area contributed by atoms with Gasteiger partial charge in [0.05, 0.1) is 49.4 Å². The number of hydrogen-bond acceptors (Lipinski definition) is 14. The maximum atomic E-state index is 10.5. The van der Waals surface area contributed by atoms with Crippen LogP contribution >= 0.6 is 0 Å². The second-order valence-corrected chi connectivity index (χ2v) is 16.1. The Bertz CT molecular complexity index is 2370. The van der Waals surface area contributed by atoms with Crippen molar-refractivity contribution in [3.05, 3.63) is 121 Å². The van der Waals surface area contributed by atoms with Gasteiger partial charge in [-0.15, -0.1) is 9.36 Å². The van der Waals surface area contributed by atoms with E-state index in [-0.39, 0.29) is 9.79 Å². The predicted octanol–water partition coefficient (Wildman–Crippen LogP) is 5.39. The molecule has 0 aliphatic heterocycles. The number of benzene rings is 4. The lowest BCUT2D eigenvalue weighted by molar-refractivity contribution is -0.659. The molecule has 0 bridgehead atoms. The molecule has 59 heavy (non-hydrogen) atoms. The summed E-state index contributed by atoms with van der Waals surface area (Å²) in [4.78, 5) is 4.22. The minimum Gasteiger partial charge on any atom is -0.744 e. The summed E-state index contributed by atoms with van der Waals surface area (Å²) in [5.74, 6) is 1.37. The van der Waals surface area contributed by atoms with E-state index in [0.29, 0.717) is 23.0 Å². The molecule has 0 aliphatic rings. The molecule has 0 aliphatic carbocycles. The Balaban J connectivity index is 0.000000282. The molecule has 312 valence electrons. The first-order valence-electron chi connectivity index (χ1n) is 18.1. The second kappa shape index (κ2) is 20.5. The third-order valence-corrected chi connectivity index (χ3v) is 10.8. The third kappa shape index (κ3) is 13.4. The SMILES string of the molecule is CN(CCCN(C)c1ccc(N=Nc2n(C)nc[n+]2C)cc1)c1ccc(N=Nc2n(C)nc[n+]2C)cc1.Cc1ccccc1S(=O)(=O)[O-].Cc1ccccc1S(=O)(=O)[O-]. The van der Waals surface area contributed by atoms with Gasteiger partial charge in [-0.3, -0.25) is 0 Å². The fraction of sp³-hybridized carbons (Fsp3) is 0.282. The molecular formula is C39H48N12O6S2. The van der Waals surface area contributed by atoms with Gasteiger partial charge in [0.1, 0.15) is 20.2 Å². The van der Waals surface area contributed by atoms with E-state index in [4.69, 9.17) is 0 Å². The van der Waals surface area contributed by atoms with Crippen LogP contribution in [0.4, 0.5) is 34.6 Å². The van der Waals surface area contributed by atoms with E-state index >= 15 is 0 Å². The Hall–Kier alpha value is -6.22. The van der Waals surface area contributed by atoms with Crippen LogP contribution in [0.3, 0.4) is 0 Å². The Morgan fingerprint density at radius 3 is 1.19 bits per heavy atom. The highest BCUT2D eigenvalue weighted by Crippen LogP contribution is 2.23. The number of azo groups is 2. The lowest BCUT2D eigenvalue weighted by Crippen LogP contribution is -2.25. The van der Waals surface area contributed by atoms with Crippen molar-refractivity contribution in [1.29, 1.82) is 0 Å². The van der Waals surface area contributed by atoms with Crippen LogP contribution in [0.15, 0.2) is 140 Å². The van der Waals surface area contributed by atoms with E-state index in [2.05, 4.69) is 78.8 Å². The highest BCUT2D eigenvalue weighted by Gasteiger charge is 2.13. The molecule has 0 unspecified atom stereocenters. The van der Waals surface area contributed by atoms with E-state index in [9.17, 15) is 25.9 Å². The molecule has 4 aromatic carbocycles. The summed E-state index contributed by atoms with van der Waals surface area (Å²) >= 11 is 0. The van der Waals surface area contributed by atoms with E-state index in [0.717, 1.165) is 42.3 Å². The number of rotatable bonds is 12. The van der Waals surface area contributed by atoms with Crippen LogP contribution in [-0.4, -0.2) is 72.7 Å². The maximum absolute atomic E-state index is 10.5. The van der Waals surface area contributed by atoms with Gasteiger partial charge in [0, 0.05) is 48.8 Å². The van der Waals surface area contributed by atoms with Crippen molar-refractivity contribution in [3.63, 3.8) is 0 Å². The number of nitrogens with zero attached hydrogens (tertiary/aromatic N) is 12. The maximum Gasteiger partial charge on any atom is 0.403 e. The minimum atomic E-state index is -4.28. The summed E-state index contributed by atoms with van der Waals surface area (Å²) in [6.07, 6.45) is 4.43. The van der Waals surface area contributed by atoms with Gasteiger partial charge in [0.25, 0.3) is 0 Å². The number of aromatic nitrogens is 6.